The maximum atomic E-state index is 13.9. The molecular weight excluding hydrogens is 360 g/mol. The lowest BCUT2D eigenvalue weighted by molar-refractivity contribution is -0.137. The Hall–Kier alpha value is -3.11. The number of nitrogens with zero attached hydrogens (tertiary/aromatic N) is 2. The number of carboxylic acid groups (broad SMARTS) is 1. The van der Waals surface area contributed by atoms with Gasteiger partial charge in [0.25, 0.3) is 0 Å². The molecule has 0 fully saturated rings. The van der Waals surface area contributed by atoms with Gasteiger partial charge in [0.05, 0.1) is 18.4 Å². The van der Waals surface area contributed by atoms with E-state index in [4.69, 9.17) is 9.84 Å². The summed E-state index contributed by atoms with van der Waals surface area (Å²) in [6, 6.07) is 1.77. The van der Waals surface area contributed by atoms with Crippen LogP contribution in [0.15, 0.2) is 18.3 Å². The number of aromatic nitrogens is 2. The third kappa shape index (κ3) is 4.10. The van der Waals surface area contributed by atoms with E-state index in [2.05, 4.69) is 20.6 Å². The highest BCUT2D eigenvalue weighted by molar-refractivity contribution is 5.89. The van der Waals surface area contributed by atoms with E-state index in [0.717, 1.165) is 12.1 Å². The SMILES string of the molecule is CCNc1nc(Nc2cc(F)c(C(=O)O)cc2OC)ncc1C(F)(F)F. The van der Waals surface area contributed by atoms with Crippen LogP contribution >= 0.6 is 0 Å². The Morgan fingerprint density at radius 3 is 2.58 bits per heavy atom. The highest BCUT2D eigenvalue weighted by atomic mass is 19.4. The maximum absolute atomic E-state index is 13.9. The van der Waals surface area contributed by atoms with Crippen molar-refractivity contribution in [2.24, 2.45) is 0 Å². The van der Waals surface area contributed by atoms with Crippen LogP contribution < -0.4 is 15.4 Å². The number of halogens is 4. The number of hydrogen-bond acceptors (Lipinski definition) is 6. The van der Waals surface area contributed by atoms with Gasteiger partial charge < -0.3 is 20.5 Å². The number of carbonyl (C=O) groups is 1. The first-order chi connectivity index (χ1) is 12.2. The fraction of sp³-hybridized carbons (Fsp3) is 0.267. The number of benzene rings is 1. The Balaban J connectivity index is 2.44. The fourth-order valence-corrected chi connectivity index (χ4v) is 2.06. The molecule has 0 bridgehead atoms. The molecule has 2 rings (SSSR count). The van der Waals surface area contributed by atoms with Crippen LogP contribution in [0, 0.1) is 5.82 Å². The van der Waals surface area contributed by atoms with Gasteiger partial charge >= 0.3 is 12.1 Å². The second-order valence-electron chi connectivity index (χ2n) is 4.95. The summed E-state index contributed by atoms with van der Waals surface area (Å²) in [5.74, 6) is -3.29. The topological polar surface area (TPSA) is 96.4 Å². The normalized spacial score (nSPS) is 11.2. The molecular formula is C15H14F4N4O3. The number of nitrogens with one attached hydrogen (secondary N) is 2. The number of rotatable bonds is 6. The number of hydrogen-bond donors (Lipinski definition) is 3. The molecule has 0 aliphatic rings. The van der Waals surface area contributed by atoms with Gasteiger partial charge in [0.1, 0.15) is 22.9 Å². The van der Waals surface area contributed by atoms with Crippen molar-refractivity contribution in [3.05, 3.63) is 35.3 Å². The Morgan fingerprint density at radius 1 is 1.35 bits per heavy atom. The molecule has 0 spiro atoms. The highest BCUT2D eigenvalue weighted by Gasteiger charge is 2.35. The van der Waals surface area contributed by atoms with E-state index in [0.29, 0.717) is 6.20 Å². The quantitative estimate of drug-likeness (QED) is 0.666. The molecule has 0 amide bonds. The van der Waals surface area contributed by atoms with Crippen molar-refractivity contribution in [2.75, 3.05) is 24.3 Å². The second kappa shape index (κ2) is 7.42. The van der Waals surface area contributed by atoms with E-state index in [1.807, 2.05) is 0 Å². The lowest BCUT2D eigenvalue weighted by Gasteiger charge is -2.15. The van der Waals surface area contributed by atoms with Crippen LogP contribution in [0.5, 0.6) is 5.75 Å². The van der Waals surface area contributed by atoms with Gasteiger partial charge in [0.15, 0.2) is 0 Å². The molecule has 0 atom stereocenters. The summed E-state index contributed by atoms with van der Waals surface area (Å²) in [7, 11) is 1.22. The molecule has 0 saturated heterocycles. The van der Waals surface area contributed by atoms with E-state index in [1.54, 1.807) is 6.92 Å². The van der Waals surface area contributed by atoms with Crippen molar-refractivity contribution >= 4 is 23.4 Å². The molecule has 0 saturated carbocycles. The van der Waals surface area contributed by atoms with Gasteiger partial charge in [0, 0.05) is 18.8 Å². The van der Waals surface area contributed by atoms with E-state index >= 15 is 0 Å². The first-order valence-electron chi connectivity index (χ1n) is 7.23. The first-order valence-corrected chi connectivity index (χ1v) is 7.23. The number of methoxy groups -OCH3 is 1. The monoisotopic (exact) mass is 374 g/mol. The van der Waals surface area contributed by atoms with Gasteiger partial charge in [-0.25, -0.2) is 14.2 Å². The van der Waals surface area contributed by atoms with Gasteiger partial charge in [-0.15, -0.1) is 0 Å². The van der Waals surface area contributed by atoms with Crippen LogP contribution in [0.2, 0.25) is 0 Å². The molecule has 3 N–H and O–H groups in total. The van der Waals surface area contributed by atoms with E-state index < -0.39 is 34.9 Å². The molecule has 26 heavy (non-hydrogen) atoms. The van der Waals surface area contributed by atoms with Crippen LogP contribution in [0.4, 0.5) is 35.0 Å². The van der Waals surface area contributed by atoms with E-state index in [-0.39, 0.29) is 23.9 Å². The predicted molar refractivity (Wildman–Crippen MR) is 84.4 cm³/mol. The highest BCUT2D eigenvalue weighted by Crippen LogP contribution is 2.35. The molecule has 2 aromatic rings. The zero-order valence-electron chi connectivity index (χ0n) is 13.6. The summed E-state index contributed by atoms with van der Waals surface area (Å²) in [6.07, 6.45) is -4.06. The van der Waals surface area contributed by atoms with Gasteiger partial charge in [0.2, 0.25) is 5.95 Å². The molecule has 0 radical (unpaired) electrons. The first kappa shape index (κ1) is 19.2. The van der Waals surface area contributed by atoms with Crippen molar-refractivity contribution < 1.29 is 32.2 Å². The van der Waals surface area contributed by atoms with Crippen LogP contribution in [0.25, 0.3) is 0 Å². The predicted octanol–water partition coefficient (Wildman–Crippen LogP) is 3.52. The molecule has 0 aliphatic carbocycles. The van der Waals surface area contributed by atoms with Crippen molar-refractivity contribution in [1.82, 2.24) is 9.97 Å². The number of carboxylic acids is 1. The lowest BCUT2D eigenvalue weighted by atomic mass is 10.1. The molecule has 7 nitrogen and oxygen atoms in total. The minimum Gasteiger partial charge on any atom is -0.495 e. The second-order valence-corrected chi connectivity index (χ2v) is 4.95. The third-order valence-corrected chi connectivity index (χ3v) is 3.20. The number of ether oxygens (including phenoxy) is 1. The molecule has 11 heteroatoms. The van der Waals surface area contributed by atoms with Crippen molar-refractivity contribution in [3.8, 4) is 5.75 Å². The maximum Gasteiger partial charge on any atom is 0.421 e. The van der Waals surface area contributed by atoms with Crippen molar-refractivity contribution in [3.63, 3.8) is 0 Å². The molecule has 0 aliphatic heterocycles. The fourth-order valence-electron chi connectivity index (χ4n) is 2.06. The molecule has 1 aromatic heterocycles. The average Bonchev–Trinajstić information content (AvgIpc) is 2.54. The van der Waals surface area contributed by atoms with Gasteiger partial charge in [-0.1, -0.05) is 0 Å². The molecule has 1 aromatic carbocycles. The Kier molecular flexibility index (Phi) is 5.48. The summed E-state index contributed by atoms with van der Waals surface area (Å²) >= 11 is 0. The summed E-state index contributed by atoms with van der Waals surface area (Å²) < 4.78 is 57.7. The Morgan fingerprint density at radius 2 is 2.04 bits per heavy atom. The summed E-state index contributed by atoms with van der Waals surface area (Å²) in [6.45, 7) is 1.78. The summed E-state index contributed by atoms with van der Waals surface area (Å²) in [5.41, 5.74) is -1.71. The zero-order chi connectivity index (χ0) is 19.5. The largest absolute Gasteiger partial charge is 0.495 e. The van der Waals surface area contributed by atoms with Gasteiger partial charge in [-0.05, 0) is 13.0 Å². The van der Waals surface area contributed by atoms with Crippen LogP contribution in [-0.2, 0) is 6.18 Å². The van der Waals surface area contributed by atoms with E-state index in [1.165, 1.54) is 7.11 Å². The van der Waals surface area contributed by atoms with Crippen LogP contribution in [-0.4, -0.2) is 34.7 Å². The minimum absolute atomic E-state index is 0.0442. The van der Waals surface area contributed by atoms with Gasteiger partial charge in [-0.3, -0.25) is 0 Å². The third-order valence-electron chi connectivity index (χ3n) is 3.20. The minimum atomic E-state index is -4.65. The Labute approximate surface area is 145 Å². The summed E-state index contributed by atoms with van der Waals surface area (Å²) in [4.78, 5) is 18.3. The smallest absolute Gasteiger partial charge is 0.421 e. The standard InChI is InChI=1S/C15H14F4N4O3/c1-3-20-12-8(15(17,18)19)6-21-14(23-12)22-10-5-9(16)7(13(24)25)4-11(10)26-2/h4-6H,3H2,1-2H3,(H,24,25)(H2,20,21,22,23). The molecule has 1 heterocycles. The Bertz CT molecular complexity index is 827. The van der Waals surface area contributed by atoms with Gasteiger partial charge in [-0.2, -0.15) is 18.2 Å². The average molecular weight is 374 g/mol. The van der Waals surface area contributed by atoms with E-state index in [9.17, 15) is 22.4 Å². The van der Waals surface area contributed by atoms with Crippen molar-refractivity contribution in [2.45, 2.75) is 13.1 Å². The number of anilines is 3. The van der Waals surface area contributed by atoms with Crippen LogP contribution in [0.3, 0.4) is 0 Å². The number of aromatic carboxylic acids is 1. The molecule has 0 unspecified atom stereocenters. The summed E-state index contributed by atoms with van der Waals surface area (Å²) in [5, 5.41) is 13.9. The van der Waals surface area contributed by atoms with Crippen molar-refractivity contribution in [1.29, 1.82) is 0 Å². The zero-order valence-corrected chi connectivity index (χ0v) is 13.6. The number of alkyl halides is 3. The lowest BCUT2D eigenvalue weighted by Crippen LogP contribution is -2.14. The molecule has 140 valence electrons. The van der Waals surface area contributed by atoms with Crippen LogP contribution in [0.1, 0.15) is 22.8 Å².